The minimum absolute atomic E-state index is 0.0121. The van der Waals surface area contributed by atoms with Gasteiger partial charge in [-0.3, -0.25) is 19.4 Å². The number of hydrogen-bond acceptors (Lipinski definition) is 4. The zero-order valence-electron chi connectivity index (χ0n) is 14.0. The van der Waals surface area contributed by atoms with Crippen molar-refractivity contribution in [3.05, 3.63) is 30.1 Å². The third kappa shape index (κ3) is 3.18. The lowest BCUT2D eigenvalue weighted by Crippen LogP contribution is -2.43. The second-order valence-corrected chi connectivity index (χ2v) is 6.52. The summed E-state index contributed by atoms with van der Waals surface area (Å²) in [5, 5.41) is 0. The van der Waals surface area contributed by atoms with Crippen LogP contribution in [0.3, 0.4) is 0 Å². The van der Waals surface area contributed by atoms with Crippen molar-refractivity contribution >= 4 is 17.6 Å². The molecule has 2 amide bonds. The molecule has 2 atom stereocenters. The number of unbranched alkanes of at least 4 members (excludes halogenated alkanes) is 1. The van der Waals surface area contributed by atoms with Crippen molar-refractivity contribution < 1.29 is 14.4 Å². The van der Waals surface area contributed by atoms with E-state index in [-0.39, 0.29) is 36.6 Å². The summed E-state index contributed by atoms with van der Waals surface area (Å²) in [6, 6.07) is 3.05. The van der Waals surface area contributed by atoms with Crippen molar-refractivity contribution in [1.29, 1.82) is 0 Å². The number of aromatic nitrogens is 1. The highest BCUT2D eigenvalue weighted by Crippen LogP contribution is 2.30. The lowest BCUT2D eigenvalue weighted by Gasteiger charge is -2.24. The average molecular weight is 329 g/mol. The van der Waals surface area contributed by atoms with Gasteiger partial charge in [-0.05, 0) is 24.5 Å². The van der Waals surface area contributed by atoms with E-state index >= 15 is 0 Å². The van der Waals surface area contributed by atoms with Gasteiger partial charge in [0.25, 0.3) is 0 Å². The molecular formula is C18H23N3O3. The van der Waals surface area contributed by atoms with Gasteiger partial charge in [-0.1, -0.05) is 19.4 Å². The number of carbonyl (C=O) groups is 3. The maximum Gasteiger partial charge on any atom is 0.227 e. The van der Waals surface area contributed by atoms with Crippen LogP contribution >= 0.6 is 0 Å². The van der Waals surface area contributed by atoms with Gasteiger partial charge >= 0.3 is 0 Å². The molecule has 2 aliphatic rings. The van der Waals surface area contributed by atoms with Crippen LogP contribution in [0.2, 0.25) is 0 Å². The molecule has 0 bridgehead atoms. The largest absolute Gasteiger partial charge is 0.330 e. The van der Waals surface area contributed by atoms with Gasteiger partial charge in [0.2, 0.25) is 11.8 Å². The number of hydrogen-bond donors (Lipinski definition) is 0. The first kappa shape index (κ1) is 16.6. The summed E-state index contributed by atoms with van der Waals surface area (Å²) in [6.45, 7) is 2.73. The maximum absolute atomic E-state index is 12.6. The van der Waals surface area contributed by atoms with Crippen molar-refractivity contribution in [2.75, 3.05) is 13.1 Å². The number of likely N-dealkylation sites (tertiary alicyclic amines) is 2. The molecule has 2 saturated heterocycles. The minimum atomic E-state index is -0.438. The molecule has 0 saturated carbocycles. The lowest BCUT2D eigenvalue weighted by atomic mass is 10.1. The Kier molecular flexibility index (Phi) is 4.92. The van der Waals surface area contributed by atoms with E-state index in [1.807, 2.05) is 13.0 Å². The van der Waals surface area contributed by atoms with Crippen molar-refractivity contribution in [3.63, 3.8) is 0 Å². The van der Waals surface area contributed by atoms with Gasteiger partial charge in [0.05, 0.1) is 19.0 Å². The predicted octanol–water partition coefficient (Wildman–Crippen LogP) is 1.20. The van der Waals surface area contributed by atoms with Crippen LogP contribution in [0.25, 0.3) is 0 Å². The third-order valence-electron chi connectivity index (χ3n) is 4.89. The Balaban J connectivity index is 1.67. The summed E-state index contributed by atoms with van der Waals surface area (Å²) >= 11 is 0. The summed E-state index contributed by atoms with van der Waals surface area (Å²) in [7, 11) is 0. The van der Waals surface area contributed by atoms with Gasteiger partial charge in [0.1, 0.15) is 6.04 Å². The van der Waals surface area contributed by atoms with Crippen LogP contribution < -0.4 is 0 Å². The number of nitrogens with zero attached hydrogens (tertiary/aromatic N) is 3. The monoisotopic (exact) mass is 329 g/mol. The molecule has 0 radical (unpaired) electrons. The van der Waals surface area contributed by atoms with Gasteiger partial charge in [0.15, 0.2) is 5.78 Å². The molecule has 2 aliphatic heterocycles. The first-order chi connectivity index (χ1) is 11.6. The van der Waals surface area contributed by atoms with Gasteiger partial charge < -0.3 is 9.80 Å². The van der Waals surface area contributed by atoms with Crippen molar-refractivity contribution in [2.45, 2.75) is 51.1 Å². The highest BCUT2D eigenvalue weighted by atomic mass is 16.2. The van der Waals surface area contributed by atoms with Gasteiger partial charge in [0, 0.05) is 25.4 Å². The number of pyridine rings is 1. The molecule has 24 heavy (non-hydrogen) atoms. The third-order valence-corrected chi connectivity index (χ3v) is 4.89. The Morgan fingerprint density at radius 2 is 2.12 bits per heavy atom. The number of amides is 2. The van der Waals surface area contributed by atoms with Gasteiger partial charge in [-0.2, -0.15) is 0 Å². The highest BCUT2D eigenvalue weighted by molar-refractivity contribution is 5.97. The van der Waals surface area contributed by atoms with Gasteiger partial charge in [-0.25, -0.2) is 0 Å². The number of rotatable bonds is 5. The molecule has 6 heteroatoms. The molecule has 6 nitrogen and oxygen atoms in total. The molecule has 2 unspecified atom stereocenters. The Bertz CT molecular complexity index is 632. The Morgan fingerprint density at radius 3 is 2.83 bits per heavy atom. The van der Waals surface area contributed by atoms with E-state index in [9.17, 15) is 14.4 Å². The van der Waals surface area contributed by atoms with Crippen molar-refractivity contribution in [3.8, 4) is 0 Å². The molecule has 1 aromatic rings. The summed E-state index contributed by atoms with van der Waals surface area (Å²) < 4.78 is 0. The zero-order chi connectivity index (χ0) is 17.1. The zero-order valence-corrected chi connectivity index (χ0v) is 14.0. The summed E-state index contributed by atoms with van der Waals surface area (Å²) in [4.78, 5) is 44.7. The number of Topliss-reactive ketones (excluding diaryl/α,β-unsaturated/α-hetero) is 1. The Hall–Kier alpha value is -2.24. The van der Waals surface area contributed by atoms with Gasteiger partial charge in [-0.15, -0.1) is 0 Å². The second-order valence-electron chi connectivity index (χ2n) is 6.52. The number of fused-ring (bicyclic) bond motifs is 1. The molecule has 2 fully saturated rings. The van der Waals surface area contributed by atoms with E-state index in [0.717, 1.165) is 18.4 Å². The number of carbonyl (C=O) groups excluding carboxylic acids is 3. The van der Waals surface area contributed by atoms with Crippen LogP contribution in [0, 0.1) is 0 Å². The first-order valence-corrected chi connectivity index (χ1v) is 8.62. The van der Waals surface area contributed by atoms with E-state index in [0.29, 0.717) is 19.4 Å². The molecular weight excluding hydrogens is 306 g/mol. The first-order valence-electron chi connectivity index (χ1n) is 8.62. The van der Waals surface area contributed by atoms with E-state index in [1.54, 1.807) is 28.3 Å². The Morgan fingerprint density at radius 1 is 1.29 bits per heavy atom. The molecule has 0 spiro atoms. The molecule has 0 N–H and O–H groups in total. The molecule has 3 heterocycles. The molecule has 1 aromatic heterocycles. The number of ketones is 1. The summed E-state index contributed by atoms with van der Waals surface area (Å²) in [5.41, 5.74) is 0.840. The lowest BCUT2D eigenvalue weighted by molar-refractivity contribution is -0.136. The van der Waals surface area contributed by atoms with E-state index in [4.69, 9.17) is 0 Å². The van der Waals surface area contributed by atoms with Crippen LogP contribution in [-0.2, 0) is 20.8 Å². The van der Waals surface area contributed by atoms with E-state index in [1.165, 1.54) is 0 Å². The normalized spacial score (nSPS) is 22.8. The van der Waals surface area contributed by atoms with Crippen LogP contribution in [0.5, 0.6) is 0 Å². The average Bonchev–Trinajstić information content (AvgIpc) is 3.15. The predicted molar refractivity (Wildman–Crippen MR) is 88.1 cm³/mol. The minimum Gasteiger partial charge on any atom is -0.330 e. The summed E-state index contributed by atoms with van der Waals surface area (Å²) in [6.07, 6.45) is 6.54. The van der Waals surface area contributed by atoms with Crippen molar-refractivity contribution in [1.82, 2.24) is 14.8 Å². The molecule has 0 aliphatic carbocycles. The Labute approximate surface area is 141 Å². The topological polar surface area (TPSA) is 70.6 Å². The maximum atomic E-state index is 12.6. The van der Waals surface area contributed by atoms with Crippen LogP contribution in [0.1, 0.15) is 38.2 Å². The fourth-order valence-corrected chi connectivity index (χ4v) is 3.67. The highest BCUT2D eigenvalue weighted by Gasteiger charge is 2.50. The molecule has 0 aromatic carbocycles. The fraction of sp³-hybridized carbons (Fsp3) is 0.556. The van der Waals surface area contributed by atoms with Crippen LogP contribution in [0.15, 0.2) is 24.5 Å². The van der Waals surface area contributed by atoms with E-state index < -0.39 is 6.04 Å². The quantitative estimate of drug-likeness (QED) is 0.814. The second kappa shape index (κ2) is 7.11. The SMILES string of the molecule is CCCCC(=O)N1CCC2C1C(=O)CN2C(=O)Cc1cccnc1. The van der Waals surface area contributed by atoms with E-state index in [2.05, 4.69) is 4.98 Å². The molecule has 128 valence electrons. The molecule has 3 rings (SSSR count). The smallest absolute Gasteiger partial charge is 0.227 e. The summed E-state index contributed by atoms with van der Waals surface area (Å²) in [5.74, 6) is -0.0344. The van der Waals surface area contributed by atoms with Crippen LogP contribution in [-0.4, -0.2) is 57.6 Å². The van der Waals surface area contributed by atoms with Crippen molar-refractivity contribution in [2.24, 2.45) is 0 Å². The standard InChI is InChI=1S/C18H23N3O3/c1-2-3-6-16(23)20-9-7-14-18(20)15(22)12-21(14)17(24)10-13-5-4-8-19-11-13/h4-5,8,11,14,18H,2-3,6-7,9-10,12H2,1H3. The fourth-order valence-electron chi connectivity index (χ4n) is 3.67. The van der Waals surface area contributed by atoms with Crippen LogP contribution in [0.4, 0.5) is 0 Å².